The van der Waals surface area contributed by atoms with Crippen molar-refractivity contribution in [3.63, 3.8) is 0 Å². The van der Waals surface area contributed by atoms with Crippen molar-refractivity contribution in [2.45, 2.75) is 102 Å². The van der Waals surface area contributed by atoms with Gasteiger partial charge >= 0.3 is 6.18 Å². The normalized spacial score (nSPS) is 24.5. The zero-order chi connectivity index (χ0) is 36.3. The van der Waals surface area contributed by atoms with Crippen molar-refractivity contribution in [2.24, 2.45) is 16.8 Å². The summed E-state index contributed by atoms with van der Waals surface area (Å²) in [6.07, 6.45) is 0.102. The van der Waals surface area contributed by atoms with Crippen LogP contribution in [0.15, 0.2) is 22.5 Å². The Morgan fingerprint density at radius 1 is 1.08 bits per heavy atom. The molecule has 0 bridgehead atoms. The van der Waals surface area contributed by atoms with Gasteiger partial charge in [-0.1, -0.05) is 0 Å². The monoisotopic (exact) mass is 726 g/mol. The van der Waals surface area contributed by atoms with Gasteiger partial charge in [0.25, 0.3) is 11.8 Å². The molecule has 4 aliphatic rings. The van der Waals surface area contributed by atoms with E-state index in [4.69, 9.17) is 14.8 Å². The van der Waals surface area contributed by atoms with E-state index in [1.807, 2.05) is 13.8 Å². The fourth-order valence-electron chi connectivity index (χ4n) is 7.59. The van der Waals surface area contributed by atoms with Crippen LogP contribution in [0.4, 0.5) is 13.2 Å². The van der Waals surface area contributed by atoms with E-state index in [0.29, 0.717) is 68.6 Å². The van der Waals surface area contributed by atoms with E-state index in [1.165, 1.54) is 9.71 Å². The molecule has 3 fully saturated rings. The first-order valence-electron chi connectivity index (χ1n) is 17.6. The number of piperidine rings is 2. The largest absolute Gasteiger partial charge is 0.394 e. The number of amidine groups is 1. The molecule has 5 rings (SSSR count). The Morgan fingerprint density at radius 3 is 2.28 bits per heavy atom. The summed E-state index contributed by atoms with van der Waals surface area (Å²) in [7, 11) is -3.82. The number of likely N-dealkylation sites (tertiary alicyclic amines) is 1. The Labute approximate surface area is 292 Å². The third-order valence-corrected chi connectivity index (χ3v) is 12.3. The summed E-state index contributed by atoms with van der Waals surface area (Å²) in [6.45, 7) is 4.58. The van der Waals surface area contributed by atoms with Crippen LogP contribution in [0.5, 0.6) is 0 Å². The van der Waals surface area contributed by atoms with E-state index in [-0.39, 0.29) is 75.3 Å². The van der Waals surface area contributed by atoms with Crippen molar-refractivity contribution >= 4 is 33.7 Å². The van der Waals surface area contributed by atoms with Crippen LogP contribution in [0.1, 0.15) is 91.3 Å². The first-order chi connectivity index (χ1) is 23.6. The van der Waals surface area contributed by atoms with Crippen LogP contribution in [-0.4, -0.2) is 109 Å². The highest BCUT2D eigenvalue weighted by Gasteiger charge is 2.48. The lowest BCUT2D eigenvalue weighted by atomic mass is 9.79. The van der Waals surface area contributed by atoms with E-state index in [0.717, 1.165) is 11.1 Å². The second-order valence-electron chi connectivity index (χ2n) is 14.3. The molecule has 1 aromatic rings. The number of nitrogens with zero attached hydrogens (tertiary/aromatic N) is 3. The van der Waals surface area contributed by atoms with Crippen LogP contribution in [-0.2, 0) is 19.6 Å². The van der Waals surface area contributed by atoms with Gasteiger partial charge in [0, 0.05) is 49.5 Å². The Bertz CT molecular complexity index is 1530. The number of carbonyl (C=O) groups excluding carboxylic acids is 2. The average molecular weight is 727 g/mol. The minimum atomic E-state index is -4.15. The Morgan fingerprint density at radius 2 is 1.70 bits per heavy atom. The van der Waals surface area contributed by atoms with Crippen molar-refractivity contribution in [3.8, 4) is 0 Å². The maximum atomic E-state index is 13.4. The number of aliphatic imine (C=N–C) groups is 1. The van der Waals surface area contributed by atoms with Crippen molar-refractivity contribution in [2.75, 3.05) is 39.4 Å². The fraction of sp³-hybridized carbons (Fsp3) is 0.686. The summed E-state index contributed by atoms with van der Waals surface area (Å²) < 4.78 is 71.6. The van der Waals surface area contributed by atoms with Gasteiger partial charge in [-0.25, -0.2) is 8.42 Å². The molecule has 0 unspecified atom stereocenters. The van der Waals surface area contributed by atoms with E-state index in [2.05, 4.69) is 5.32 Å². The molecule has 3 heterocycles. The Kier molecular flexibility index (Phi) is 12.1. The van der Waals surface area contributed by atoms with Gasteiger partial charge in [0.15, 0.2) is 0 Å². The zero-order valence-corrected chi connectivity index (χ0v) is 29.6. The minimum absolute atomic E-state index is 0.0104. The number of hydrogen-bond acceptors (Lipinski definition) is 8. The number of aliphatic hydroxyl groups is 2. The number of alkyl halides is 3. The van der Waals surface area contributed by atoms with Gasteiger partial charge in [0.05, 0.1) is 19.3 Å². The quantitative estimate of drug-likeness (QED) is 0.311. The summed E-state index contributed by atoms with van der Waals surface area (Å²) in [6, 6.07) is 3.52. The Hall–Kier alpha value is -2.85. The fourth-order valence-corrected chi connectivity index (χ4v) is 8.76. The molecular weight excluding hydrogens is 677 g/mol. The third kappa shape index (κ3) is 9.32. The molecule has 1 aliphatic carbocycles. The highest BCUT2D eigenvalue weighted by Crippen LogP contribution is 2.38. The molecule has 15 heteroatoms. The first kappa shape index (κ1) is 38.4. The number of halogens is 3. The van der Waals surface area contributed by atoms with Crippen LogP contribution in [0, 0.1) is 25.7 Å². The van der Waals surface area contributed by atoms with E-state index >= 15 is 0 Å². The molecule has 2 amide bonds. The lowest BCUT2D eigenvalue weighted by molar-refractivity contribution is -0.138. The van der Waals surface area contributed by atoms with Crippen LogP contribution in [0.25, 0.3) is 6.08 Å². The van der Waals surface area contributed by atoms with Crippen LogP contribution < -0.4 is 5.32 Å². The minimum Gasteiger partial charge on any atom is -0.394 e. The van der Waals surface area contributed by atoms with Gasteiger partial charge in [-0.3, -0.25) is 14.6 Å². The van der Waals surface area contributed by atoms with E-state index in [9.17, 15) is 36.3 Å². The van der Waals surface area contributed by atoms with Gasteiger partial charge < -0.3 is 25.2 Å². The molecule has 1 saturated carbocycles. The predicted octanol–water partition coefficient (Wildman–Crippen LogP) is 4.09. The molecule has 0 radical (unpaired) electrons. The number of sulfonamides is 1. The average Bonchev–Trinajstić information content (AvgIpc) is 3.40. The third-order valence-electron chi connectivity index (χ3n) is 10.7. The second-order valence-corrected chi connectivity index (χ2v) is 16.1. The highest BCUT2D eigenvalue weighted by molar-refractivity contribution is 7.92. The highest BCUT2D eigenvalue weighted by atomic mass is 32.2. The number of rotatable bonds is 11. The second kappa shape index (κ2) is 15.8. The molecule has 1 atom stereocenters. The van der Waals surface area contributed by atoms with Gasteiger partial charge in [-0.2, -0.15) is 17.5 Å². The number of hydrogen-bond donors (Lipinski definition) is 3. The van der Waals surface area contributed by atoms with Crippen molar-refractivity contribution in [1.29, 1.82) is 0 Å². The molecule has 3 N–H and O–H groups in total. The summed E-state index contributed by atoms with van der Waals surface area (Å²) in [5.74, 6) is 0.233. The number of amides is 2. The van der Waals surface area contributed by atoms with Crippen molar-refractivity contribution < 1.29 is 46.1 Å². The summed E-state index contributed by atoms with van der Waals surface area (Å²) in [4.78, 5) is 32.9. The summed E-state index contributed by atoms with van der Waals surface area (Å²) in [5.41, 5.74) is 1.70. The molecular formula is C35H49F3N4O7S. The summed E-state index contributed by atoms with van der Waals surface area (Å²) >= 11 is 0. The maximum absolute atomic E-state index is 13.4. The predicted molar refractivity (Wildman–Crippen MR) is 182 cm³/mol. The van der Waals surface area contributed by atoms with E-state index in [1.54, 1.807) is 23.1 Å². The number of carbonyl (C=O) groups is 2. The first-order valence-corrected chi connectivity index (χ1v) is 19.1. The number of aryl methyl sites for hydroxylation is 2. The summed E-state index contributed by atoms with van der Waals surface area (Å²) in [5, 5.41) is 22.6. The van der Waals surface area contributed by atoms with Crippen LogP contribution >= 0.6 is 0 Å². The Balaban J connectivity index is 1.14. The van der Waals surface area contributed by atoms with Crippen LogP contribution in [0.2, 0.25) is 0 Å². The van der Waals surface area contributed by atoms with Crippen molar-refractivity contribution in [1.82, 2.24) is 14.5 Å². The van der Waals surface area contributed by atoms with Gasteiger partial charge in [-0.15, -0.1) is 0 Å². The van der Waals surface area contributed by atoms with Crippen molar-refractivity contribution in [3.05, 3.63) is 39.8 Å². The molecule has 278 valence electrons. The lowest BCUT2D eigenvalue weighted by Gasteiger charge is -2.34. The zero-order valence-electron chi connectivity index (χ0n) is 28.8. The standard InChI is InChI=1S/C35H49F3N4O7S/c1-23-19-27(32(45)41-14-8-29(9-15-41)49-22-28(44)21-43)20-24(2)30(23)10-18-50(47,48)42-16-12-34(13-17-42)33(46)39-31(40-34)26-5-3-25(4-6-26)7-11-35(36,37)38/h10,18-20,25-26,28-29,43-44H,3-9,11-17,21-22H2,1-2H3,(H,39,40,46)/t25?,26?,28-/m0/s1. The molecule has 3 aliphatic heterocycles. The molecule has 0 aromatic heterocycles. The topological polar surface area (TPSA) is 149 Å². The lowest BCUT2D eigenvalue weighted by Crippen LogP contribution is -2.50. The van der Waals surface area contributed by atoms with E-state index < -0.39 is 34.3 Å². The number of nitrogens with one attached hydrogen (secondary N) is 1. The molecule has 50 heavy (non-hydrogen) atoms. The molecule has 11 nitrogen and oxygen atoms in total. The smallest absolute Gasteiger partial charge is 0.389 e. The number of benzene rings is 1. The van der Waals surface area contributed by atoms with Crippen LogP contribution in [0.3, 0.4) is 0 Å². The molecule has 2 saturated heterocycles. The number of aliphatic hydroxyl groups excluding tert-OH is 2. The van der Waals surface area contributed by atoms with Gasteiger partial charge in [0.2, 0.25) is 10.0 Å². The molecule has 1 spiro atoms. The van der Waals surface area contributed by atoms with Gasteiger partial charge in [0.1, 0.15) is 17.5 Å². The molecule has 1 aromatic carbocycles. The SMILES string of the molecule is Cc1cc(C(=O)N2CCC(OC[C@@H](O)CO)CC2)cc(C)c1C=CS(=O)(=O)N1CCC2(CC1)N=C(C1CCC(CCC(F)(F)F)CC1)NC2=O. The maximum Gasteiger partial charge on any atom is 0.389 e. The number of ether oxygens (including phenoxy) is 1. The van der Waals surface area contributed by atoms with Gasteiger partial charge in [-0.05, 0) is 112 Å².